The number of carbonyl (C=O) groups is 2. The minimum absolute atomic E-state index is 0.184. The summed E-state index contributed by atoms with van der Waals surface area (Å²) in [5.74, 6) is -1.50. The number of aromatic carboxylic acids is 2. The quantitative estimate of drug-likeness (QED) is 0.685. The largest absolute Gasteiger partial charge is 0.489 e. The van der Waals surface area contributed by atoms with Gasteiger partial charge < -0.3 is 14.9 Å². The van der Waals surface area contributed by atoms with Crippen LogP contribution in [-0.2, 0) is 0 Å². The van der Waals surface area contributed by atoms with Crippen LogP contribution in [0.15, 0.2) is 78.9 Å². The highest BCUT2D eigenvalue weighted by Crippen LogP contribution is 2.26. The third kappa shape index (κ3) is 4.27. The van der Waals surface area contributed by atoms with Crippen molar-refractivity contribution in [2.24, 2.45) is 0 Å². The summed E-state index contributed by atoms with van der Waals surface area (Å²) in [4.78, 5) is 22.3. The van der Waals surface area contributed by atoms with E-state index in [4.69, 9.17) is 9.84 Å². The van der Waals surface area contributed by atoms with Gasteiger partial charge in [0, 0.05) is 5.56 Å². The smallest absolute Gasteiger partial charge is 0.337 e. The standard InChI is InChI=1S/C14H10O4.C9H8O/c15-13(16)11-8-4-7-10(12(11)14(17)18)9-5-2-1-3-6-9;1-2-6-9-8(4-1)5-3-7-10-9/h1-8H,(H,15,16)(H,17,18);1-6H,7H2. The highest BCUT2D eigenvalue weighted by atomic mass is 16.5. The molecule has 4 rings (SSSR count). The maximum atomic E-state index is 11.3. The van der Waals surface area contributed by atoms with Crippen molar-refractivity contribution >= 4 is 18.0 Å². The normalized spacial score (nSPS) is 11.4. The number of benzene rings is 3. The van der Waals surface area contributed by atoms with Crippen LogP contribution in [0.4, 0.5) is 0 Å². The maximum absolute atomic E-state index is 11.3. The Morgan fingerprint density at radius 3 is 2.18 bits per heavy atom. The fraction of sp³-hybridized carbons (Fsp3) is 0.0435. The Morgan fingerprint density at radius 1 is 0.786 bits per heavy atom. The Labute approximate surface area is 162 Å². The molecule has 28 heavy (non-hydrogen) atoms. The van der Waals surface area contributed by atoms with Crippen LogP contribution >= 0.6 is 0 Å². The fourth-order valence-corrected chi connectivity index (χ4v) is 2.88. The van der Waals surface area contributed by atoms with E-state index in [2.05, 4.69) is 6.08 Å². The predicted molar refractivity (Wildman–Crippen MR) is 107 cm³/mol. The maximum Gasteiger partial charge on any atom is 0.337 e. The van der Waals surface area contributed by atoms with Crippen LogP contribution in [0.5, 0.6) is 5.75 Å². The molecular formula is C23H18O5. The van der Waals surface area contributed by atoms with Crippen LogP contribution in [0.25, 0.3) is 17.2 Å². The van der Waals surface area contributed by atoms with E-state index in [0.29, 0.717) is 17.7 Å². The number of carboxylic acids is 2. The van der Waals surface area contributed by atoms with Crippen LogP contribution in [0.3, 0.4) is 0 Å². The zero-order valence-electron chi connectivity index (χ0n) is 14.9. The van der Waals surface area contributed by atoms with E-state index in [9.17, 15) is 14.7 Å². The summed E-state index contributed by atoms with van der Waals surface area (Å²) in [7, 11) is 0. The lowest BCUT2D eigenvalue weighted by Gasteiger charge is -2.10. The van der Waals surface area contributed by atoms with Crippen LogP contribution < -0.4 is 4.74 Å². The van der Waals surface area contributed by atoms with E-state index in [1.165, 1.54) is 17.7 Å². The molecule has 3 aromatic rings. The summed E-state index contributed by atoms with van der Waals surface area (Å²) in [5, 5.41) is 18.2. The van der Waals surface area contributed by atoms with Gasteiger partial charge in [0.2, 0.25) is 0 Å². The molecule has 0 spiro atoms. The first-order chi connectivity index (χ1) is 13.6. The fourth-order valence-electron chi connectivity index (χ4n) is 2.88. The zero-order chi connectivity index (χ0) is 19.9. The van der Waals surface area contributed by atoms with E-state index in [1.807, 2.05) is 36.4 Å². The molecule has 0 unspecified atom stereocenters. The highest BCUT2D eigenvalue weighted by molar-refractivity contribution is 6.06. The molecule has 0 atom stereocenters. The van der Waals surface area contributed by atoms with Gasteiger partial charge in [-0.1, -0.05) is 66.7 Å². The Morgan fingerprint density at radius 2 is 1.50 bits per heavy atom. The second-order valence-electron chi connectivity index (χ2n) is 5.96. The lowest BCUT2D eigenvalue weighted by Crippen LogP contribution is -2.09. The minimum atomic E-state index is -1.25. The first-order valence-electron chi connectivity index (χ1n) is 8.61. The zero-order valence-corrected chi connectivity index (χ0v) is 14.9. The summed E-state index contributed by atoms with van der Waals surface area (Å²) in [6, 6.07) is 21.3. The summed E-state index contributed by atoms with van der Waals surface area (Å²) < 4.78 is 5.34. The number of hydrogen-bond acceptors (Lipinski definition) is 3. The predicted octanol–water partition coefficient (Wildman–Crippen LogP) is 4.84. The Bertz CT molecular complexity index is 1020. The summed E-state index contributed by atoms with van der Waals surface area (Å²) in [5.41, 5.74) is 1.87. The van der Waals surface area contributed by atoms with Crippen molar-refractivity contribution in [3.05, 3.63) is 95.6 Å². The van der Waals surface area contributed by atoms with Gasteiger partial charge >= 0.3 is 11.9 Å². The van der Waals surface area contributed by atoms with Crippen LogP contribution in [0, 0.1) is 0 Å². The molecule has 2 N–H and O–H groups in total. The monoisotopic (exact) mass is 374 g/mol. The van der Waals surface area contributed by atoms with Crippen LogP contribution in [0.2, 0.25) is 0 Å². The van der Waals surface area contributed by atoms with Gasteiger partial charge in [-0.15, -0.1) is 0 Å². The average Bonchev–Trinajstić information content (AvgIpc) is 2.74. The molecule has 1 heterocycles. The minimum Gasteiger partial charge on any atom is -0.489 e. The summed E-state index contributed by atoms with van der Waals surface area (Å²) in [6.07, 6.45) is 4.10. The van der Waals surface area contributed by atoms with Gasteiger partial charge in [0.15, 0.2) is 0 Å². The molecule has 0 radical (unpaired) electrons. The third-order valence-corrected chi connectivity index (χ3v) is 4.15. The first kappa shape index (κ1) is 18.9. The lowest BCUT2D eigenvalue weighted by molar-refractivity contribution is 0.0652. The van der Waals surface area contributed by atoms with Gasteiger partial charge in [-0.25, -0.2) is 9.59 Å². The number of carboxylic acid groups (broad SMARTS) is 2. The van der Waals surface area contributed by atoms with Crippen molar-refractivity contribution < 1.29 is 24.5 Å². The third-order valence-electron chi connectivity index (χ3n) is 4.15. The molecule has 1 aliphatic heterocycles. The summed E-state index contributed by atoms with van der Waals surface area (Å²) >= 11 is 0. The van der Waals surface area contributed by atoms with Gasteiger partial charge in [0.1, 0.15) is 12.4 Å². The molecule has 3 aromatic carbocycles. The molecule has 0 saturated heterocycles. The molecule has 0 aliphatic carbocycles. The lowest BCUT2D eigenvalue weighted by atomic mass is 9.95. The van der Waals surface area contributed by atoms with E-state index in [0.717, 1.165) is 5.75 Å². The molecule has 0 fully saturated rings. The molecule has 5 heteroatoms. The molecule has 5 nitrogen and oxygen atoms in total. The van der Waals surface area contributed by atoms with Crippen molar-refractivity contribution in [3.8, 4) is 16.9 Å². The number of fused-ring (bicyclic) bond motifs is 1. The number of hydrogen-bond donors (Lipinski definition) is 2. The Hall–Kier alpha value is -3.86. The second kappa shape index (κ2) is 8.68. The van der Waals surface area contributed by atoms with Crippen molar-refractivity contribution in [1.82, 2.24) is 0 Å². The van der Waals surface area contributed by atoms with Gasteiger partial charge in [-0.2, -0.15) is 0 Å². The van der Waals surface area contributed by atoms with Crippen molar-refractivity contribution in [2.45, 2.75) is 0 Å². The van der Waals surface area contributed by atoms with Crippen LogP contribution in [0.1, 0.15) is 26.3 Å². The molecular weight excluding hydrogens is 356 g/mol. The first-order valence-corrected chi connectivity index (χ1v) is 8.61. The topological polar surface area (TPSA) is 83.8 Å². The molecule has 0 bridgehead atoms. The van der Waals surface area contributed by atoms with Gasteiger partial charge in [0.25, 0.3) is 0 Å². The SMILES string of the molecule is C1=Cc2ccccc2OC1.O=C(O)c1cccc(-c2ccccc2)c1C(=O)O. The Kier molecular flexibility index (Phi) is 5.87. The van der Waals surface area contributed by atoms with E-state index in [-0.39, 0.29) is 11.1 Å². The van der Waals surface area contributed by atoms with Crippen molar-refractivity contribution in [3.63, 3.8) is 0 Å². The van der Waals surface area contributed by atoms with E-state index >= 15 is 0 Å². The van der Waals surface area contributed by atoms with E-state index in [1.54, 1.807) is 30.3 Å². The molecule has 0 amide bonds. The van der Waals surface area contributed by atoms with Crippen LogP contribution in [-0.4, -0.2) is 28.8 Å². The van der Waals surface area contributed by atoms with Crippen molar-refractivity contribution in [2.75, 3.05) is 6.61 Å². The number of ether oxygens (including phenoxy) is 1. The number of para-hydroxylation sites is 1. The van der Waals surface area contributed by atoms with Gasteiger partial charge in [0.05, 0.1) is 11.1 Å². The van der Waals surface area contributed by atoms with Gasteiger partial charge in [-0.05, 0) is 29.3 Å². The molecule has 0 aromatic heterocycles. The molecule has 0 saturated carbocycles. The van der Waals surface area contributed by atoms with Gasteiger partial charge in [-0.3, -0.25) is 0 Å². The highest BCUT2D eigenvalue weighted by Gasteiger charge is 2.20. The average molecular weight is 374 g/mol. The number of rotatable bonds is 3. The molecule has 140 valence electrons. The molecule has 1 aliphatic rings. The van der Waals surface area contributed by atoms with Crippen molar-refractivity contribution in [1.29, 1.82) is 0 Å². The Balaban J connectivity index is 0.000000188. The van der Waals surface area contributed by atoms with E-state index < -0.39 is 11.9 Å². The summed E-state index contributed by atoms with van der Waals surface area (Å²) in [6.45, 7) is 0.705. The second-order valence-corrected chi connectivity index (χ2v) is 5.96.